The summed E-state index contributed by atoms with van der Waals surface area (Å²) in [6.45, 7) is 5.78. The van der Waals surface area contributed by atoms with E-state index in [9.17, 15) is 4.79 Å². The van der Waals surface area contributed by atoms with Crippen LogP contribution in [0, 0.1) is 23.7 Å². The minimum absolute atomic E-state index is 0.106. The number of carbonyl (C=O) groups excluding carboxylic acids is 1. The van der Waals surface area contributed by atoms with E-state index < -0.39 is 0 Å². The van der Waals surface area contributed by atoms with Gasteiger partial charge in [-0.3, -0.25) is 9.69 Å². The first kappa shape index (κ1) is 17.7. The number of amides is 1. The van der Waals surface area contributed by atoms with E-state index in [1.54, 1.807) is 0 Å². The van der Waals surface area contributed by atoms with Crippen molar-refractivity contribution >= 4 is 5.91 Å². The van der Waals surface area contributed by atoms with Crippen molar-refractivity contribution in [2.24, 2.45) is 23.7 Å². The summed E-state index contributed by atoms with van der Waals surface area (Å²) in [4.78, 5) is 15.5. The second kappa shape index (κ2) is 6.92. The molecular formula is C24H34N2O. The average molecular weight is 367 g/mol. The number of carbonyl (C=O) groups is 1. The fourth-order valence-electron chi connectivity index (χ4n) is 7.03. The van der Waals surface area contributed by atoms with Crippen LogP contribution in [-0.4, -0.2) is 29.4 Å². The second-order valence-corrected chi connectivity index (χ2v) is 10.3. The zero-order valence-corrected chi connectivity index (χ0v) is 16.8. The van der Waals surface area contributed by atoms with Crippen LogP contribution in [0.1, 0.15) is 74.2 Å². The van der Waals surface area contributed by atoms with Gasteiger partial charge in [-0.25, -0.2) is 0 Å². The normalized spacial score (nSPS) is 38.1. The van der Waals surface area contributed by atoms with Gasteiger partial charge in [0.1, 0.15) is 0 Å². The van der Waals surface area contributed by atoms with Crippen molar-refractivity contribution < 1.29 is 4.79 Å². The molecule has 1 atom stereocenters. The van der Waals surface area contributed by atoms with E-state index >= 15 is 0 Å². The molecule has 5 fully saturated rings. The molecule has 0 spiro atoms. The first-order valence-corrected chi connectivity index (χ1v) is 11.2. The number of hydrogen-bond donors (Lipinski definition) is 1. The summed E-state index contributed by atoms with van der Waals surface area (Å²) in [5.74, 6) is 3.56. The number of nitrogens with zero attached hydrogens (tertiary/aromatic N) is 1. The Labute approximate surface area is 163 Å². The Morgan fingerprint density at radius 1 is 1.07 bits per heavy atom. The predicted molar refractivity (Wildman–Crippen MR) is 108 cm³/mol. The van der Waals surface area contributed by atoms with Crippen LogP contribution in [0.5, 0.6) is 0 Å². The van der Waals surface area contributed by atoms with Crippen LogP contribution in [0.25, 0.3) is 0 Å². The Kier molecular flexibility index (Phi) is 4.54. The number of likely N-dealkylation sites (tertiary alicyclic amines) is 1. The van der Waals surface area contributed by atoms with Gasteiger partial charge in [0.15, 0.2) is 0 Å². The highest BCUT2D eigenvalue weighted by Gasteiger charge is 2.51. The number of benzene rings is 1. The third-order valence-corrected chi connectivity index (χ3v) is 7.78. The van der Waals surface area contributed by atoms with Crippen LogP contribution in [0.3, 0.4) is 0 Å². The van der Waals surface area contributed by atoms with Gasteiger partial charge in [-0.05, 0) is 99.3 Å². The predicted octanol–water partition coefficient (Wildman–Crippen LogP) is 4.62. The van der Waals surface area contributed by atoms with Crippen LogP contribution in [0.2, 0.25) is 0 Å². The molecule has 1 aromatic carbocycles. The second-order valence-electron chi connectivity index (χ2n) is 10.3. The molecule has 27 heavy (non-hydrogen) atoms. The van der Waals surface area contributed by atoms with E-state index in [4.69, 9.17) is 0 Å². The SMILES string of the molecule is C[C@@H]1CCCN(Cc2ccc(C(=O)NC34CC5CC(CC(C5)C3)C4)cc2)C1. The number of rotatable bonds is 4. The molecule has 4 saturated carbocycles. The van der Waals surface area contributed by atoms with E-state index in [0.717, 1.165) is 35.8 Å². The lowest BCUT2D eigenvalue weighted by atomic mass is 9.53. The van der Waals surface area contributed by atoms with Crippen LogP contribution < -0.4 is 5.32 Å². The first-order chi connectivity index (χ1) is 13.1. The molecule has 3 heteroatoms. The van der Waals surface area contributed by atoms with Crippen molar-refractivity contribution in [3.63, 3.8) is 0 Å². The summed E-state index contributed by atoms with van der Waals surface area (Å²) >= 11 is 0. The van der Waals surface area contributed by atoms with Crippen LogP contribution in [0.4, 0.5) is 0 Å². The van der Waals surface area contributed by atoms with E-state index in [1.807, 2.05) is 12.1 Å². The molecule has 1 amide bonds. The maximum Gasteiger partial charge on any atom is 0.251 e. The molecule has 1 aromatic rings. The molecule has 5 aliphatic rings. The van der Waals surface area contributed by atoms with Crippen LogP contribution in [-0.2, 0) is 6.54 Å². The number of nitrogens with one attached hydrogen (secondary N) is 1. The quantitative estimate of drug-likeness (QED) is 0.843. The van der Waals surface area contributed by atoms with Gasteiger partial charge < -0.3 is 5.32 Å². The first-order valence-electron chi connectivity index (χ1n) is 11.2. The maximum absolute atomic E-state index is 13.0. The largest absolute Gasteiger partial charge is 0.347 e. The van der Waals surface area contributed by atoms with Gasteiger partial charge in [-0.2, -0.15) is 0 Å². The summed E-state index contributed by atoms with van der Waals surface area (Å²) in [5.41, 5.74) is 2.27. The Morgan fingerprint density at radius 3 is 2.30 bits per heavy atom. The van der Waals surface area contributed by atoms with Crippen molar-refractivity contribution in [3.05, 3.63) is 35.4 Å². The molecule has 0 radical (unpaired) electrons. The van der Waals surface area contributed by atoms with Gasteiger partial charge in [0, 0.05) is 24.2 Å². The van der Waals surface area contributed by atoms with E-state index in [-0.39, 0.29) is 11.4 Å². The van der Waals surface area contributed by atoms with Crippen molar-refractivity contribution in [2.75, 3.05) is 13.1 Å². The van der Waals surface area contributed by atoms with Gasteiger partial charge in [0.25, 0.3) is 5.91 Å². The van der Waals surface area contributed by atoms with Gasteiger partial charge >= 0.3 is 0 Å². The minimum Gasteiger partial charge on any atom is -0.347 e. The number of hydrogen-bond acceptors (Lipinski definition) is 2. The summed E-state index contributed by atoms with van der Waals surface area (Å²) in [6, 6.07) is 8.40. The third-order valence-electron chi connectivity index (χ3n) is 7.78. The molecule has 146 valence electrons. The van der Waals surface area contributed by atoms with E-state index in [1.165, 1.54) is 70.0 Å². The Hall–Kier alpha value is -1.35. The molecule has 3 nitrogen and oxygen atoms in total. The minimum atomic E-state index is 0.106. The van der Waals surface area contributed by atoms with Crippen molar-refractivity contribution in [1.29, 1.82) is 0 Å². The molecular weight excluding hydrogens is 332 g/mol. The lowest BCUT2D eigenvalue weighted by Gasteiger charge is -2.56. The lowest BCUT2D eigenvalue weighted by Crippen LogP contribution is -2.59. The zero-order valence-electron chi connectivity index (χ0n) is 16.8. The smallest absolute Gasteiger partial charge is 0.251 e. The third kappa shape index (κ3) is 3.68. The van der Waals surface area contributed by atoms with Crippen LogP contribution >= 0.6 is 0 Å². The molecule has 0 unspecified atom stereocenters. The highest BCUT2D eigenvalue weighted by molar-refractivity contribution is 5.94. The van der Waals surface area contributed by atoms with Crippen molar-refractivity contribution in [3.8, 4) is 0 Å². The average Bonchev–Trinajstić information content (AvgIpc) is 2.61. The van der Waals surface area contributed by atoms with E-state index in [0.29, 0.717) is 0 Å². The Morgan fingerprint density at radius 2 is 1.70 bits per heavy atom. The molecule has 0 aromatic heterocycles. The summed E-state index contributed by atoms with van der Waals surface area (Å²) in [7, 11) is 0. The van der Waals surface area contributed by atoms with Crippen LogP contribution in [0.15, 0.2) is 24.3 Å². The molecule has 1 heterocycles. The zero-order chi connectivity index (χ0) is 18.4. The Bertz CT molecular complexity index is 660. The molecule has 1 aliphatic heterocycles. The highest BCUT2D eigenvalue weighted by atomic mass is 16.1. The monoisotopic (exact) mass is 366 g/mol. The molecule has 4 aliphatic carbocycles. The van der Waals surface area contributed by atoms with E-state index in [2.05, 4.69) is 29.3 Å². The topological polar surface area (TPSA) is 32.3 Å². The van der Waals surface area contributed by atoms with Crippen molar-refractivity contribution in [1.82, 2.24) is 10.2 Å². The highest BCUT2D eigenvalue weighted by Crippen LogP contribution is 2.55. The molecule has 4 bridgehead atoms. The van der Waals surface area contributed by atoms with Gasteiger partial charge in [0.2, 0.25) is 0 Å². The lowest BCUT2D eigenvalue weighted by molar-refractivity contribution is -0.0167. The number of piperidine rings is 1. The summed E-state index contributed by atoms with van der Waals surface area (Å²) < 4.78 is 0. The fourth-order valence-corrected chi connectivity index (χ4v) is 7.03. The molecule has 1 N–H and O–H groups in total. The molecule has 6 rings (SSSR count). The van der Waals surface area contributed by atoms with Gasteiger partial charge in [-0.15, -0.1) is 0 Å². The fraction of sp³-hybridized carbons (Fsp3) is 0.708. The summed E-state index contributed by atoms with van der Waals surface area (Å²) in [6.07, 6.45) is 10.6. The standard InChI is InChI=1S/C24H34N2O/c1-17-3-2-8-26(15-17)16-18-4-6-22(7-5-18)23(27)25-24-12-19-9-20(13-24)11-21(10-19)14-24/h4-7,17,19-21H,2-3,8-16H2,1H3,(H,25,27)/t17-,19?,20?,21?,24?/m1/s1. The molecule has 1 saturated heterocycles. The van der Waals surface area contributed by atoms with Gasteiger partial charge in [-0.1, -0.05) is 19.1 Å². The Balaban J connectivity index is 1.22. The van der Waals surface area contributed by atoms with Crippen molar-refractivity contribution in [2.45, 2.75) is 70.4 Å². The van der Waals surface area contributed by atoms with Gasteiger partial charge in [0.05, 0.1) is 0 Å². The summed E-state index contributed by atoms with van der Waals surface area (Å²) in [5, 5.41) is 3.50. The maximum atomic E-state index is 13.0.